The van der Waals surface area contributed by atoms with Crippen LogP contribution in [0.1, 0.15) is 32.8 Å². The Morgan fingerprint density at radius 1 is 1.41 bits per heavy atom. The minimum Gasteiger partial charge on any atom is -0.491 e. The first-order chi connectivity index (χ1) is 8.02. The number of allylic oxidation sites excluding steroid dienone is 1. The summed E-state index contributed by atoms with van der Waals surface area (Å²) >= 11 is 0. The van der Waals surface area contributed by atoms with Crippen LogP contribution in [0.2, 0.25) is 0 Å². The number of rotatable bonds is 5. The smallest absolute Gasteiger partial charge is 0.246 e. The maximum Gasteiger partial charge on any atom is 0.246 e. The first-order valence-corrected chi connectivity index (χ1v) is 5.64. The molecule has 1 aromatic carbocycles. The van der Waals surface area contributed by atoms with Gasteiger partial charge in [0.2, 0.25) is 5.70 Å². The SMILES string of the molecule is CCC(=Cc1ccc(OC(C)C)cc1)[N+](=O)[O-]. The lowest BCUT2D eigenvalue weighted by Gasteiger charge is -2.09. The van der Waals surface area contributed by atoms with Gasteiger partial charge < -0.3 is 4.74 Å². The second-order valence-electron chi connectivity index (χ2n) is 3.98. The largest absolute Gasteiger partial charge is 0.491 e. The highest BCUT2D eigenvalue weighted by molar-refractivity contribution is 5.52. The van der Waals surface area contributed by atoms with Gasteiger partial charge in [-0.1, -0.05) is 19.1 Å². The average Bonchev–Trinajstić information content (AvgIpc) is 2.26. The lowest BCUT2D eigenvalue weighted by atomic mass is 10.1. The molecule has 0 aliphatic rings. The molecule has 0 bridgehead atoms. The van der Waals surface area contributed by atoms with Crippen LogP contribution in [0.4, 0.5) is 0 Å². The molecule has 4 nitrogen and oxygen atoms in total. The van der Waals surface area contributed by atoms with E-state index >= 15 is 0 Å². The zero-order valence-electron chi connectivity index (χ0n) is 10.3. The van der Waals surface area contributed by atoms with Crippen LogP contribution in [0.3, 0.4) is 0 Å². The topological polar surface area (TPSA) is 52.4 Å². The molecule has 0 atom stereocenters. The van der Waals surface area contributed by atoms with Gasteiger partial charge in [-0.05, 0) is 31.5 Å². The molecule has 17 heavy (non-hydrogen) atoms. The van der Waals surface area contributed by atoms with Crippen LogP contribution in [0.25, 0.3) is 6.08 Å². The third kappa shape index (κ3) is 4.26. The van der Waals surface area contributed by atoms with E-state index in [2.05, 4.69) is 0 Å². The minimum absolute atomic E-state index is 0.126. The van der Waals surface area contributed by atoms with E-state index < -0.39 is 0 Å². The van der Waals surface area contributed by atoms with Crippen molar-refractivity contribution in [3.63, 3.8) is 0 Å². The van der Waals surface area contributed by atoms with Crippen molar-refractivity contribution in [1.82, 2.24) is 0 Å². The van der Waals surface area contributed by atoms with E-state index in [1.165, 1.54) is 0 Å². The highest BCUT2D eigenvalue weighted by atomic mass is 16.6. The number of nitrogens with zero attached hydrogens (tertiary/aromatic N) is 1. The van der Waals surface area contributed by atoms with Crippen LogP contribution >= 0.6 is 0 Å². The van der Waals surface area contributed by atoms with Gasteiger partial charge in [-0.15, -0.1) is 0 Å². The van der Waals surface area contributed by atoms with Gasteiger partial charge in [-0.2, -0.15) is 0 Å². The van der Waals surface area contributed by atoms with Crippen LogP contribution in [0, 0.1) is 10.1 Å². The fraction of sp³-hybridized carbons (Fsp3) is 0.385. The summed E-state index contributed by atoms with van der Waals surface area (Å²) < 4.78 is 5.49. The van der Waals surface area contributed by atoms with Gasteiger partial charge in [0.15, 0.2) is 0 Å². The van der Waals surface area contributed by atoms with E-state index in [1.54, 1.807) is 13.0 Å². The molecule has 0 fully saturated rings. The van der Waals surface area contributed by atoms with Gasteiger partial charge in [0, 0.05) is 12.5 Å². The molecule has 4 heteroatoms. The molecule has 0 amide bonds. The number of ether oxygens (including phenoxy) is 1. The van der Waals surface area contributed by atoms with Crippen molar-refractivity contribution >= 4 is 6.08 Å². The van der Waals surface area contributed by atoms with Crippen molar-refractivity contribution < 1.29 is 9.66 Å². The summed E-state index contributed by atoms with van der Waals surface area (Å²) in [6.07, 6.45) is 2.12. The molecule has 1 rings (SSSR count). The van der Waals surface area contributed by atoms with Crippen LogP contribution in [0.5, 0.6) is 5.75 Å². The number of hydrogen-bond donors (Lipinski definition) is 0. The van der Waals surface area contributed by atoms with Crippen molar-refractivity contribution in [2.75, 3.05) is 0 Å². The number of nitro groups is 1. The molecule has 0 N–H and O–H groups in total. The van der Waals surface area contributed by atoms with E-state index in [0.717, 1.165) is 11.3 Å². The Bertz CT molecular complexity index is 407. The Balaban J connectivity index is 2.84. The predicted molar refractivity (Wildman–Crippen MR) is 67.5 cm³/mol. The summed E-state index contributed by atoms with van der Waals surface area (Å²) in [5, 5.41) is 10.7. The molecule has 92 valence electrons. The highest BCUT2D eigenvalue weighted by Crippen LogP contribution is 2.16. The molecular formula is C13H17NO3. The van der Waals surface area contributed by atoms with Gasteiger partial charge in [0.25, 0.3) is 0 Å². The summed E-state index contributed by atoms with van der Waals surface area (Å²) in [5.74, 6) is 0.774. The Morgan fingerprint density at radius 3 is 2.41 bits per heavy atom. The molecule has 0 unspecified atom stereocenters. The molecule has 0 heterocycles. The van der Waals surface area contributed by atoms with Crippen LogP contribution in [-0.4, -0.2) is 11.0 Å². The summed E-state index contributed by atoms with van der Waals surface area (Å²) in [6, 6.07) is 7.27. The minimum atomic E-state index is -0.349. The fourth-order valence-corrected chi connectivity index (χ4v) is 1.39. The van der Waals surface area contributed by atoms with Crippen molar-refractivity contribution in [2.45, 2.75) is 33.3 Å². The number of hydrogen-bond acceptors (Lipinski definition) is 3. The Morgan fingerprint density at radius 2 is 2.00 bits per heavy atom. The molecular weight excluding hydrogens is 218 g/mol. The van der Waals surface area contributed by atoms with E-state index in [4.69, 9.17) is 4.74 Å². The molecule has 0 aliphatic carbocycles. The van der Waals surface area contributed by atoms with Gasteiger partial charge in [0.1, 0.15) is 5.75 Å². The first-order valence-electron chi connectivity index (χ1n) is 5.64. The lowest BCUT2D eigenvalue weighted by molar-refractivity contribution is -0.425. The molecule has 0 saturated carbocycles. The van der Waals surface area contributed by atoms with Crippen molar-refractivity contribution in [3.05, 3.63) is 45.6 Å². The van der Waals surface area contributed by atoms with E-state index in [9.17, 15) is 10.1 Å². The fourth-order valence-electron chi connectivity index (χ4n) is 1.39. The summed E-state index contributed by atoms with van der Waals surface area (Å²) in [4.78, 5) is 10.3. The van der Waals surface area contributed by atoms with Gasteiger partial charge in [0.05, 0.1) is 11.0 Å². The molecule has 1 aromatic rings. The summed E-state index contributed by atoms with van der Waals surface area (Å²) in [5.41, 5.74) is 1.03. The zero-order chi connectivity index (χ0) is 12.8. The summed E-state index contributed by atoms with van der Waals surface area (Å²) in [6.45, 7) is 5.68. The average molecular weight is 235 g/mol. The Kier molecular flexibility index (Phi) is 4.69. The zero-order valence-corrected chi connectivity index (χ0v) is 10.3. The standard InChI is InChI=1S/C13H17NO3/c1-4-12(14(15)16)9-11-5-7-13(8-6-11)17-10(2)3/h5-10H,4H2,1-3H3. The third-order valence-electron chi connectivity index (χ3n) is 2.18. The molecule has 0 spiro atoms. The Labute approximate surface area is 101 Å². The van der Waals surface area contributed by atoms with Crippen molar-refractivity contribution in [1.29, 1.82) is 0 Å². The van der Waals surface area contributed by atoms with Crippen molar-refractivity contribution in [3.8, 4) is 5.75 Å². The maximum absolute atomic E-state index is 10.7. The third-order valence-corrected chi connectivity index (χ3v) is 2.18. The molecule has 0 aromatic heterocycles. The van der Waals surface area contributed by atoms with Crippen LogP contribution < -0.4 is 4.74 Å². The highest BCUT2D eigenvalue weighted by Gasteiger charge is 2.07. The molecule has 0 aliphatic heterocycles. The monoisotopic (exact) mass is 235 g/mol. The molecule has 0 saturated heterocycles. The van der Waals surface area contributed by atoms with Crippen LogP contribution in [0.15, 0.2) is 30.0 Å². The normalized spacial score (nSPS) is 11.6. The second kappa shape index (κ2) is 6.03. The maximum atomic E-state index is 10.7. The first kappa shape index (κ1) is 13.2. The van der Waals surface area contributed by atoms with E-state index in [0.29, 0.717) is 6.42 Å². The summed E-state index contributed by atoms with van der Waals surface area (Å²) in [7, 11) is 0. The lowest BCUT2D eigenvalue weighted by Crippen LogP contribution is -2.05. The molecule has 0 radical (unpaired) electrons. The number of benzene rings is 1. The van der Waals surface area contributed by atoms with Gasteiger partial charge >= 0.3 is 0 Å². The van der Waals surface area contributed by atoms with Crippen LogP contribution in [-0.2, 0) is 0 Å². The quantitative estimate of drug-likeness (QED) is 0.579. The Hall–Kier alpha value is -1.84. The van der Waals surface area contributed by atoms with E-state index in [1.807, 2.05) is 38.1 Å². The van der Waals surface area contributed by atoms with Gasteiger partial charge in [-0.25, -0.2) is 0 Å². The second-order valence-corrected chi connectivity index (χ2v) is 3.98. The van der Waals surface area contributed by atoms with Crippen molar-refractivity contribution in [2.24, 2.45) is 0 Å². The van der Waals surface area contributed by atoms with E-state index in [-0.39, 0.29) is 16.7 Å². The predicted octanol–water partition coefficient (Wildman–Crippen LogP) is 3.50. The van der Waals surface area contributed by atoms with Gasteiger partial charge in [-0.3, -0.25) is 10.1 Å².